The van der Waals surface area contributed by atoms with Gasteiger partial charge in [-0.05, 0) is 32.1 Å². The topological polar surface area (TPSA) is 52.6 Å². The highest BCUT2D eigenvalue weighted by Gasteiger charge is 2.32. The molecule has 0 aliphatic heterocycles. The van der Waals surface area contributed by atoms with Gasteiger partial charge in [0.15, 0.2) is 0 Å². The SMILES string of the molecule is CCCCCOC(=O)C1CCCC(C(=O)OCCCCC)C1. The maximum Gasteiger partial charge on any atom is 0.308 e. The Morgan fingerprint density at radius 1 is 0.818 bits per heavy atom. The number of carbonyl (C=O) groups is 2. The van der Waals surface area contributed by atoms with Crippen molar-refractivity contribution in [3.05, 3.63) is 0 Å². The Morgan fingerprint density at radius 3 is 1.68 bits per heavy atom. The Balaban J connectivity index is 2.27. The zero-order valence-corrected chi connectivity index (χ0v) is 14.3. The Labute approximate surface area is 134 Å². The third-order valence-electron chi connectivity index (χ3n) is 4.33. The fourth-order valence-electron chi connectivity index (χ4n) is 2.90. The summed E-state index contributed by atoms with van der Waals surface area (Å²) in [5.74, 6) is -0.494. The molecule has 0 N–H and O–H groups in total. The van der Waals surface area contributed by atoms with Gasteiger partial charge in [0.1, 0.15) is 0 Å². The molecule has 0 bridgehead atoms. The molecule has 0 aromatic rings. The van der Waals surface area contributed by atoms with Crippen molar-refractivity contribution < 1.29 is 19.1 Å². The van der Waals surface area contributed by atoms with Crippen LogP contribution in [0.3, 0.4) is 0 Å². The van der Waals surface area contributed by atoms with Crippen molar-refractivity contribution in [1.82, 2.24) is 0 Å². The lowest BCUT2D eigenvalue weighted by molar-refractivity contribution is -0.155. The van der Waals surface area contributed by atoms with Crippen molar-refractivity contribution >= 4 is 11.9 Å². The van der Waals surface area contributed by atoms with Gasteiger partial charge >= 0.3 is 11.9 Å². The molecule has 2 unspecified atom stereocenters. The number of carbonyl (C=O) groups excluding carboxylic acids is 2. The van der Waals surface area contributed by atoms with E-state index >= 15 is 0 Å². The normalized spacial score (nSPS) is 21.4. The average molecular weight is 312 g/mol. The van der Waals surface area contributed by atoms with E-state index < -0.39 is 0 Å². The van der Waals surface area contributed by atoms with E-state index in [1.54, 1.807) is 0 Å². The second kappa shape index (κ2) is 11.5. The van der Waals surface area contributed by atoms with Gasteiger partial charge in [-0.2, -0.15) is 0 Å². The summed E-state index contributed by atoms with van der Waals surface area (Å²) >= 11 is 0. The first-order chi connectivity index (χ1) is 10.7. The van der Waals surface area contributed by atoms with E-state index in [9.17, 15) is 9.59 Å². The Hall–Kier alpha value is -1.06. The van der Waals surface area contributed by atoms with Crippen molar-refractivity contribution in [2.75, 3.05) is 13.2 Å². The fraction of sp³-hybridized carbons (Fsp3) is 0.889. The first-order valence-electron chi connectivity index (χ1n) is 9.02. The number of unbranched alkanes of at least 4 members (excludes halogenated alkanes) is 4. The summed E-state index contributed by atoms with van der Waals surface area (Å²) in [4.78, 5) is 24.1. The van der Waals surface area contributed by atoms with E-state index in [1.165, 1.54) is 0 Å². The van der Waals surface area contributed by atoms with E-state index in [4.69, 9.17) is 9.47 Å². The van der Waals surface area contributed by atoms with Gasteiger partial charge < -0.3 is 9.47 Å². The van der Waals surface area contributed by atoms with Crippen LogP contribution in [-0.2, 0) is 19.1 Å². The summed E-state index contributed by atoms with van der Waals surface area (Å²) < 4.78 is 10.7. The molecule has 0 radical (unpaired) electrons. The summed E-state index contributed by atoms with van der Waals surface area (Å²) in [6.07, 6.45) is 9.45. The van der Waals surface area contributed by atoms with Crippen LogP contribution in [0.1, 0.15) is 78.1 Å². The zero-order valence-electron chi connectivity index (χ0n) is 14.3. The predicted molar refractivity (Wildman–Crippen MR) is 86.4 cm³/mol. The number of ether oxygens (including phenoxy) is 2. The Kier molecular flexibility index (Phi) is 9.93. The lowest BCUT2D eigenvalue weighted by Gasteiger charge is -2.26. The minimum absolute atomic E-state index is 0.122. The molecule has 1 rings (SSSR count). The third kappa shape index (κ3) is 7.28. The molecule has 0 aromatic carbocycles. The number of esters is 2. The number of hydrogen-bond acceptors (Lipinski definition) is 4. The lowest BCUT2D eigenvalue weighted by Crippen LogP contribution is -2.30. The van der Waals surface area contributed by atoms with Crippen LogP contribution in [0.25, 0.3) is 0 Å². The number of hydrogen-bond donors (Lipinski definition) is 0. The van der Waals surface area contributed by atoms with Crippen molar-refractivity contribution in [1.29, 1.82) is 0 Å². The van der Waals surface area contributed by atoms with Crippen LogP contribution in [0.15, 0.2) is 0 Å². The maximum absolute atomic E-state index is 12.1. The molecule has 0 aromatic heterocycles. The van der Waals surface area contributed by atoms with E-state index in [1.807, 2.05) is 0 Å². The second-order valence-corrected chi connectivity index (χ2v) is 6.31. The summed E-state index contributed by atoms with van der Waals surface area (Å²) in [6, 6.07) is 0. The highest BCUT2D eigenvalue weighted by Crippen LogP contribution is 2.30. The third-order valence-corrected chi connectivity index (χ3v) is 4.33. The largest absolute Gasteiger partial charge is 0.465 e. The molecule has 0 spiro atoms. The summed E-state index contributed by atoms with van der Waals surface area (Å²) in [5, 5.41) is 0. The minimum Gasteiger partial charge on any atom is -0.465 e. The van der Waals surface area contributed by atoms with Crippen LogP contribution < -0.4 is 0 Å². The molecule has 1 fully saturated rings. The summed E-state index contributed by atoms with van der Waals surface area (Å²) in [6.45, 7) is 5.27. The van der Waals surface area contributed by atoms with Crippen molar-refractivity contribution in [2.24, 2.45) is 11.8 Å². The summed E-state index contributed by atoms with van der Waals surface area (Å²) in [7, 11) is 0. The molecule has 4 nitrogen and oxygen atoms in total. The first-order valence-corrected chi connectivity index (χ1v) is 9.02. The predicted octanol–water partition coefficient (Wildman–Crippen LogP) is 4.26. The van der Waals surface area contributed by atoms with Gasteiger partial charge in [-0.1, -0.05) is 46.0 Å². The number of rotatable bonds is 10. The lowest BCUT2D eigenvalue weighted by atomic mass is 9.81. The van der Waals surface area contributed by atoms with Gasteiger partial charge in [0.2, 0.25) is 0 Å². The quantitative estimate of drug-likeness (QED) is 0.447. The molecule has 1 aliphatic rings. The maximum atomic E-state index is 12.1. The van der Waals surface area contributed by atoms with Crippen LogP contribution in [-0.4, -0.2) is 25.2 Å². The molecule has 22 heavy (non-hydrogen) atoms. The van der Waals surface area contributed by atoms with Crippen molar-refractivity contribution in [3.8, 4) is 0 Å². The summed E-state index contributed by atoms with van der Waals surface area (Å²) in [5.41, 5.74) is 0. The Bertz CT molecular complexity index is 297. The van der Waals surface area contributed by atoms with Gasteiger partial charge in [0.25, 0.3) is 0 Å². The molecule has 0 amide bonds. The van der Waals surface area contributed by atoms with E-state index in [2.05, 4.69) is 13.8 Å². The van der Waals surface area contributed by atoms with Gasteiger partial charge in [-0.25, -0.2) is 0 Å². The monoisotopic (exact) mass is 312 g/mol. The molecule has 1 saturated carbocycles. The van der Waals surface area contributed by atoms with Crippen LogP contribution in [0.4, 0.5) is 0 Å². The average Bonchev–Trinajstić information content (AvgIpc) is 2.55. The smallest absolute Gasteiger partial charge is 0.308 e. The Morgan fingerprint density at radius 2 is 1.27 bits per heavy atom. The van der Waals surface area contributed by atoms with Crippen LogP contribution >= 0.6 is 0 Å². The van der Waals surface area contributed by atoms with Crippen molar-refractivity contribution in [3.63, 3.8) is 0 Å². The molecular formula is C18H32O4. The molecule has 4 heteroatoms. The molecule has 128 valence electrons. The molecule has 2 atom stereocenters. The zero-order chi connectivity index (χ0) is 16.2. The minimum atomic E-state index is -0.125. The first kappa shape index (κ1) is 19.0. The van der Waals surface area contributed by atoms with E-state index in [0.29, 0.717) is 19.6 Å². The van der Waals surface area contributed by atoms with Crippen LogP contribution in [0.5, 0.6) is 0 Å². The highest BCUT2D eigenvalue weighted by molar-refractivity contribution is 5.76. The van der Waals surface area contributed by atoms with Gasteiger partial charge in [-0.15, -0.1) is 0 Å². The van der Waals surface area contributed by atoms with Gasteiger partial charge in [0, 0.05) is 0 Å². The van der Waals surface area contributed by atoms with Gasteiger partial charge in [0.05, 0.1) is 25.0 Å². The van der Waals surface area contributed by atoms with E-state index in [0.717, 1.165) is 57.8 Å². The molecule has 0 heterocycles. The van der Waals surface area contributed by atoms with Crippen molar-refractivity contribution in [2.45, 2.75) is 78.1 Å². The van der Waals surface area contributed by atoms with Gasteiger partial charge in [-0.3, -0.25) is 9.59 Å². The molecule has 0 saturated heterocycles. The molecular weight excluding hydrogens is 280 g/mol. The molecule has 1 aliphatic carbocycles. The fourth-order valence-corrected chi connectivity index (χ4v) is 2.90. The second-order valence-electron chi connectivity index (χ2n) is 6.31. The van der Waals surface area contributed by atoms with E-state index in [-0.39, 0.29) is 23.8 Å². The van der Waals surface area contributed by atoms with Crippen LogP contribution in [0.2, 0.25) is 0 Å². The van der Waals surface area contributed by atoms with Crippen LogP contribution in [0, 0.1) is 11.8 Å². The standard InChI is InChI=1S/C18H32O4/c1-3-5-7-12-21-17(19)15-10-9-11-16(14-15)18(20)22-13-8-6-4-2/h15-16H,3-14H2,1-2H3. The highest BCUT2D eigenvalue weighted by atomic mass is 16.5.